The Morgan fingerprint density at radius 3 is 2.68 bits per heavy atom. The SMILES string of the molecule is CCN(CC)C1CCN(c2ccc(C)cc2CO)C1. The summed E-state index contributed by atoms with van der Waals surface area (Å²) in [7, 11) is 0. The van der Waals surface area contributed by atoms with Gasteiger partial charge in [-0.05, 0) is 32.5 Å². The first-order valence-corrected chi connectivity index (χ1v) is 7.39. The van der Waals surface area contributed by atoms with Gasteiger partial charge in [-0.15, -0.1) is 0 Å². The number of benzene rings is 1. The zero-order valence-electron chi connectivity index (χ0n) is 12.4. The maximum Gasteiger partial charge on any atom is 0.0702 e. The van der Waals surface area contributed by atoms with E-state index in [9.17, 15) is 5.11 Å². The average molecular weight is 262 g/mol. The highest BCUT2D eigenvalue weighted by molar-refractivity contribution is 5.55. The van der Waals surface area contributed by atoms with Crippen LogP contribution in [0.5, 0.6) is 0 Å². The van der Waals surface area contributed by atoms with E-state index in [2.05, 4.69) is 48.8 Å². The predicted molar refractivity (Wildman–Crippen MR) is 80.6 cm³/mol. The molecule has 3 heteroatoms. The molecular formula is C16H26N2O. The van der Waals surface area contributed by atoms with Gasteiger partial charge in [0.15, 0.2) is 0 Å². The lowest BCUT2D eigenvalue weighted by Crippen LogP contribution is -2.37. The summed E-state index contributed by atoms with van der Waals surface area (Å²) in [6.45, 7) is 11.1. The molecule has 1 aliphatic rings. The molecule has 1 aromatic carbocycles. The first-order valence-electron chi connectivity index (χ1n) is 7.39. The molecule has 1 heterocycles. The van der Waals surface area contributed by atoms with E-state index in [4.69, 9.17) is 0 Å². The van der Waals surface area contributed by atoms with Crippen LogP contribution in [0.3, 0.4) is 0 Å². The van der Waals surface area contributed by atoms with Crippen molar-refractivity contribution in [2.45, 2.75) is 39.8 Å². The Hall–Kier alpha value is -1.06. The van der Waals surface area contributed by atoms with Crippen molar-refractivity contribution in [3.8, 4) is 0 Å². The number of aliphatic hydroxyl groups excluding tert-OH is 1. The topological polar surface area (TPSA) is 26.7 Å². The second-order valence-corrected chi connectivity index (χ2v) is 5.40. The number of likely N-dealkylation sites (N-methyl/N-ethyl adjacent to an activating group) is 1. The number of anilines is 1. The molecule has 1 unspecified atom stereocenters. The summed E-state index contributed by atoms with van der Waals surface area (Å²) in [5, 5.41) is 9.53. The Morgan fingerprint density at radius 1 is 1.32 bits per heavy atom. The van der Waals surface area contributed by atoms with Crippen molar-refractivity contribution in [2.24, 2.45) is 0 Å². The molecule has 0 amide bonds. The van der Waals surface area contributed by atoms with E-state index in [1.54, 1.807) is 0 Å². The van der Waals surface area contributed by atoms with Crippen molar-refractivity contribution < 1.29 is 5.11 Å². The largest absolute Gasteiger partial charge is 0.392 e. The van der Waals surface area contributed by atoms with Crippen LogP contribution in [0.2, 0.25) is 0 Å². The third-order valence-corrected chi connectivity index (χ3v) is 4.24. The summed E-state index contributed by atoms with van der Waals surface area (Å²) in [5.41, 5.74) is 3.48. The highest BCUT2D eigenvalue weighted by Crippen LogP contribution is 2.27. The van der Waals surface area contributed by atoms with Gasteiger partial charge in [-0.1, -0.05) is 31.5 Å². The third kappa shape index (κ3) is 3.10. The standard InChI is InChI=1S/C16H26N2O/c1-4-17(5-2)15-8-9-18(11-15)16-7-6-13(3)10-14(16)12-19/h6-7,10,15,19H,4-5,8-9,11-12H2,1-3H3. The van der Waals surface area contributed by atoms with Crippen molar-refractivity contribution in [3.05, 3.63) is 29.3 Å². The number of hydrogen-bond acceptors (Lipinski definition) is 3. The highest BCUT2D eigenvalue weighted by Gasteiger charge is 2.27. The van der Waals surface area contributed by atoms with Crippen molar-refractivity contribution in [1.82, 2.24) is 4.90 Å². The number of aryl methyl sites for hydroxylation is 1. The van der Waals surface area contributed by atoms with Gasteiger partial charge in [-0.3, -0.25) is 4.90 Å². The highest BCUT2D eigenvalue weighted by atomic mass is 16.3. The molecule has 1 N–H and O–H groups in total. The average Bonchev–Trinajstić information content (AvgIpc) is 2.89. The minimum absolute atomic E-state index is 0.128. The van der Waals surface area contributed by atoms with Crippen molar-refractivity contribution in [2.75, 3.05) is 31.1 Å². The van der Waals surface area contributed by atoms with Crippen LogP contribution in [0.1, 0.15) is 31.4 Å². The van der Waals surface area contributed by atoms with Gasteiger partial charge in [0.05, 0.1) is 6.61 Å². The maximum absolute atomic E-state index is 9.53. The summed E-state index contributed by atoms with van der Waals surface area (Å²) in [4.78, 5) is 4.96. The smallest absolute Gasteiger partial charge is 0.0702 e. The lowest BCUT2D eigenvalue weighted by molar-refractivity contribution is 0.232. The number of rotatable bonds is 5. The Morgan fingerprint density at radius 2 is 2.05 bits per heavy atom. The zero-order valence-corrected chi connectivity index (χ0v) is 12.4. The van der Waals surface area contributed by atoms with E-state index in [0.29, 0.717) is 6.04 Å². The van der Waals surface area contributed by atoms with Gasteiger partial charge in [0, 0.05) is 30.4 Å². The molecule has 106 valence electrons. The predicted octanol–water partition coefficient (Wildman–Crippen LogP) is 2.41. The minimum atomic E-state index is 0.128. The Labute approximate surface area is 116 Å². The Balaban J connectivity index is 2.12. The molecule has 1 saturated heterocycles. The second kappa shape index (κ2) is 6.40. The van der Waals surface area contributed by atoms with Crippen LogP contribution in [-0.2, 0) is 6.61 Å². The molecule has 1 aromatic rings. The van der Waals surface area contributed by atoms with Gasteiger partial charge in [0.1, 0.15) is 0 Å². The molecule has 2 rings (SSSR count). The third-order valence-electron chi connectivity index (χ3n) is 4.24. The lowest BCUT2D eigenvalue weighted by Gasteiger charge is -2.27. The minimum Gasteiger partial charge on any atom is -0.392 e. The molecule has 3 nitrogen and oxygen atoms in total. The number of aliphatic hydroxyl groups is 1. The summed E-state index contributed by atoms with van der Waals surface area (Å²) in [6, 6.07) is 7.05. The van der Waals surface area contributed by atoms with E-state index < -0.39 is 0 Å². The fraction of sp³-hybridized carbons (Fsp3) is 0.625. The van der Waals surface area contributed by atoms with Crippen molar-refractivity contribution >= 4 is 5.69 Å². The first-order chi connectivity index (χ1) is 9.19. The summed E-state index contributed by atoms with van der Waals surface area (Å²) in [5.74, 6) is 0. The monoisotopic (exact) mass is 262 g/mol. The summed E-state index contributed by atoms with van der Waals surface area (Å²) < 4.78 is 0. The van der Waals surface area contributed by atoms with Crippen LogP contribution in [-0.4, -0.2) is 42.2 Å². The van der Waals surface area contributed by atoms with Gasteiger partial charge in [-0.2, -0.15) is 0 Å². The van der Waals surface area contributed by atoms with Crippen molar-refractivity contribution in [3.63, 3.8) is 0 Å². The maximum atomic E-state index is 9.53. The van der Waals surface area contributed by atoms with Gasteiger partial charge in [0.2, 0.25) is 0 Å². The van der Waals surface area contributed by atoms with Crippen LogP contribution in [0.15, 0.2) is 18.2 Å². The summed E-state index contributed by atoms with van der Waals surface area (Å²) in [6.07, 6.45) is 1.22. The zero-order chi connectivity index (χ0) is 13.8. The number of hydrogen-bond donors (Lipinski definition) is 1. The molecule has 19 heavy (non-hydrogen) atoms. The van der Waals surface area contributed by atoms with Crippen LogP contribution < -0.4 is 4.90 Å². The molecule has 1 fully saturated rings. The second-order valence-electron chi connectivity index (χ2n) is 5.40. The van der Waals surface area contributed by atoms with Gasteiger partial charge in [0.25, 0.3) is 0 Å². The van der Waals surface area contributed by atoms with E-state index in [1.807, 2.05) is 0 Å². The Bertz CT molecular complexity index is 415. The molecule has 1 atom stereocenters. The molecule has 0 radical (unpaired) electrons. The van der Waals surface area contributed by atoms with Crippen LogP contribution in [0.25, 0.3) is 0 Å². The van der Waals surface area contributed by atoms with Crippen LogP contribution in [0, 0.1) is 6.92 Å². The van der Waals surface area contributed by atoms with Crippen LogP contribution >= 0.6 is 0 Å². The molecule has 0 spiro atoms. The fourth-order valence-electron chi connectivity index (χ4n) is 3.15. The molecular weight excluding hydrogens is 236 g/mol. The van der Waals surface area contributed by atoms with Crippen molar-refractivity contribution in [1.29, 1.82) is 0 Å². The van der Waals surface area contributed by atoms with E-state index in [1.165, 1.54) is 17.7 Å². The molecule has 0 saturated carbocycles. The molecule has 0 aliphatic carbocycles. The summed E-state index contributed by atoms with van der Waals surface area (Å²) >= 11 is 0. The fourth-order valence-corrected chi connectivity index (χ4v) is 3.15. The lowest BCUT2D eigenvalue weighted by atomic mass is 10.1. The van der Waals surface area contributed by atoms with Crippen LogP contribution in [0.4, 0.5) is 5.69 Å². The van der Waals surface area contributed by atoms with E-state index in [-0.39, 0.29) is 6.61 Å². The van der Waals surface area contributed by atoms with Gasteiger partial charge >= 0.3 is 0 Å². The quantitative estimate of drug-likeness (QED) is 0.883. The Kier molecular flexibility index (Phi) is 4.83. The van der Waals surface area contributed by atoms with Gasteiger partial charge in [-0.25, -0.2) is 0 Å². The normalized spacial score (nSPS) is 19.4. The molecule has 0 bridgehead atoms. The molecule has 1 aliphatic heterocycles. The van der Waals surface area contributed by atoms with Gasteiger partial charge < -0.3 is 10.0 Å². The molecule has 0 aromatic heterocycles. The van der Waals surface area contributed by atoms with E-state index >= 15 is 0 Å². The first kappa shape index (κ1) is 14.4. The number of nitrogens with zero attached hydrogens (tertiary/aromatic N) is 2. The van der Waals surface area contributed by atoms with E-state index in [0.717, 1.165) is 31.7 Å².